The molecule has 0 bridgehead atoms. The molecule has 2 rings (SSSR count). The Morgan fingerprint density at radius 1 is 1.38 bits per heavy atom. The zero-order valence-electron chi connectivity index (χ0n) is 13.2. The van der Waals surface area contributed by atoms with Crippen LogP contribution in [-0.4, -0.2) is 42.9 Å². The maximum absolute atomic E-state index is 12.5. The lowest BCUT2D eigenvalue weighted by Gasteiger charge is -2.32. The summed E-state index contributed by atoms with van der Waals surface area (Å²) in [5.74, 6) is 0.555. The maximum Gasteiger partial charge on any atom is 0.254 e. The van der Waals surface area contributed by atoms with E-state index in [1.807, 2.05) is 6.92 Å². The van der Waals surface area contributed by atoms with Crippen molar-refractivity contribution >= 4 is 21.4 Å². The molecule has 1 aromatic rings. The highest BCUT2D eigenvalue weighted by molar-refractivity contribution is 7.91. The van der Waals surface area contributed by atoms with Gasteiger partial charge in [0, 0.05) is 18.6 Å². The monoisotopic (exact) mass is 331 g/mol. The molecule has 0 aliphatic carbocycles. The molecule has 120 valence electrons. The normalized spacial score (nSPS) is 19.0. The third kappa shape index (κ3) is 4.48. The summed E-state index contributed by atoms with van der Waals surface area (Å²) >= 11 is 1.25. The highest BCUT2D eigenvalue weighted by atomic mass is 32.2. The average Bonchev–Trinajstić information content (AvgIpc) is 2.83. The first kappa shape index (κ1) is 16.9. The van der Waals surface area contributed by atoms with E-state index in [1.165, 1.54) is 17.5 Å². The van der Waals surface area contributed by atoms with Crippen molar-refractivity contribution in [2.24, 2.45) is 5.92 Å². The van der Waals surface area contributed by atoms with Gasteiger partial charge in [0.2, 0.25) is 0 Å². The number of nitrogens with one attached hydrogen (secondary N) is 1. The Hall–Kier alpha value is -0.500. The lowest BCUT2D eigenvalue weighted by atomic mass is 9.97. The lowest BCUT2D eigenvalue weighted by Crippen LogP contribution is -2.44. The highest BCUT2D eigenvalue weighted by Gasteiger charge is 2.30. The summed E-state index contributed by atoms with van der Waals surface area (Å²) in [6, 6.07) is 0. The molecule has 5 nitrogen and oxygen atoms in total. The molecule has 1 aliphatic heterocycles. The van der Waals surface area contributed by atoms with Crippen molar-refractivity contribution in [2.45, 2.75) is 50.3 Å². The van der Waals surface area contributed by atoms with Crippen molar-refractivity contribution in [1.29, 1.82) is 0 Å². The van der Waals surface area contributed by atoms with Gasteiger partial charge in [0.15, 0.2) is 4.21 Å². The SMILES string of the molecule is Cc1ncc(S(=O)(=O)N2CCC(CNC(C)(C)C)CC2)s1. The second-order valence-corrected chi connectivity index (χ2v) is 10.1. The summed E-state index contributed by atoms with van der Waals surface area (Å²) < 4.78 is 27.0. The van der Waals surface area contributed by atoms with E-state index in [9.17, 15) is 8.42 Å². The Balaban J connectivity index is 1.92. The fraction of sp³-hybridized carbons (Fsp3) is 0.786. The van der Waals surface area contributed by atoms with Gasteiger partial charge in [-0.1, -0.05) is 0 Å². The summed E-state index contributed by atoms with van der Waals surface area (Å²) in [5.41, 5.74) is 0.114. The van der Waals surface area contributed by atoms with Gasteiger partial charge in [-0.25, -0.2) is 13.4 Å². The fourth-order valence-electron chi connectivity index (χ4n) is 2.39. The molecule has 0 spiro atoms. The van der Waals surface area contributed by atoms with E-state index >= 15 is 0 Å². The van der Waals surface area contributed by atoms with Gasteiger partial charge in [0.05, 0.1) is 11.2 Å². The molecular formula is C14H25N3O2S2. The first-order chi connectivity index (χ1) is 9.68. The van der Waals surface area contributed by atoms with Crippen LogP contribution in [-0.2, 0) is 10.0 Å². The Bertz CT molecular complexity index is 567. The van der Waals surface area contributed by atoms with E-state index in [1.54, 1.807) is 4.31 Å². The maximum atomic E-state index is 12.5. The molecule has 2 heterocycles. The number of hydrogen-bond acceptors (Lipinski definition) is 5. The second-order valence-electron chi connectivity index (χ2n) is 6.68. The summed E-state index contributed by atoms with van der Waals surface area (Å²) in [4.78, 5) is 4.05. The molecule has 1 saturated heterocycles. The zero-order valence-corrected chi connectivity index (χ0v) is 14.9. The summed E-state index contributed by atoms with van der Waals surface area (Å²) in [6.07, 6.45) is 3.31. The number of sulfonamides is 1. The lowest BCUT2D eigenvalue weighted by molar-refractivity contribution is 0.252. The van der Waals surface area contributed by atoms with Gasteiger partial charge in [-0.15, -0.1) is 11.3 Å². The zero-order chi connectivity index (χ0) is 15.7. The van der Waals surface area contributed by atoms with Crippen LogP contribution in [0.5, 0.6) is 0 Å². The van der Waals surface area contributed by atoms with E-state index < -0.39 is 10.0 Å². The molecule has 0 aromatic carbocycles. The predicted molar refractivity (Wildman–Crippen MR) is 86.1 cm³/mol. The summed E-state index contributed by atoms with van der Waals surface area (Å²) in [5, 5.41) is 4.29. The quantitative estimate of drug-likeness (QED) is 0.919. The van der Waals surface area contributed by atoms with Crippen LogP contribution >= 0.6 is 11.3 Å². The van der Waals surface area contributed by atoms with Crippen LogP contribution in [0.15, 0.2) is 10.4 Å². The molecule has 21 heavy (non-hydrogen) atoms. The number of aryl methyl sites for hydroxylation is 1. The van der Waals surface area contributed by atoms with Gasteiger partial charge >= 0.3 is 0 Å². The minimum atomic E-state index is -3.34. The van der Waals surface area contributed by atoms with Crippen LogP contribution in [0.2, 0.25) is 0 Å². The van der Waals surface area contributed by atoms with Crippen molar-refractivity contribution in [3.63, 3.8) is 0 Å². The van der Waals surface area contributed by atoms with Gasteiger partial charge in [0.25, 0.3) is 10.0 Å². The van der Waals surface area contributed by atoms with E-state index in [-0.39, 0.29) is 5.54 Å². The second kappa shape index (κ2) is 6.32. The van der Waals surface area contributed by atoms with Gasteiger partial charge < -0.3 is 5.32 Å². The van der Waals surface area contributed by atoms with Gasteiger partial charge in [-0.2, -0.15) is 4.31 Å². The van der Waals surface area contributed by atoms with Crippen molar-refractivity contribution in [3.8, 4) is 0 Å². The average molecular weight is 332 g/mol. The molecule has 1 aromatic heterocycles. The van der Waals surface area contributed by atoms with Gasteiger partial charge in [-0.3, -0.25) is 0 Å². The molecule has 0 amide bonds. The first-order valence-electron chi connectivity index (χ1n) is 7.36. The Labute approximate surface area is 131 Å². The number of rotatable bonds is 4. The molecule has 0 unspecified atom stereocenters. The number of piperidine rings is 1. The third-order valence-electron chi connectivity index (χ3n) is 3.69. The third-order valence-corrected chi connectivity index (χ3v) is 6.94. The largest absolute Gasteiger partial charge is 0.312 e. The van der Waals surface area contributed by atoms with E-state index in [2.05, 4.69) is 31.1 Å². The molecule has 1 aliphatic rings. The summed E-state index contributed by atoms with van der Waals surface area (Å²) in [7, 11) is -3.34. The van der Waals surface area contributed by atoms with Crippen LogP contribution in [0, 0.1) is 12.8 Å². The number of nitrogens with zero attached hydrogens (tertiary/aromatic N) is 2. The molecule has 0 atom stereocenters. The van der Waals surface area contributed by atoms with E-state index in [0.717, 1.165) is 24.4 Å². The Morgan fingerprint density at radius 3 is 2.48 bits per heavy atom. The molecule has 1 fully saturated rings. The number of hydrogen-bond donors (Lipinski definition) is 1. The van der Waals surface area contributed by atoms with E-state index in [4.69, 9.17) is 0 Å². The van der Waals surface area contributed by atoms with Crippen molar-refractivity contribution in [2.75, 3.05) is 19.6 Å². The molecule has 0 radical (unpaired) electrons. The standard InChI is InChI=1S/C14H25N3O2S2/c1-11-15-10-13(20-11)21(18,19)17-7-5-12(6-8-17)9-16-14(2,3)4/h10,12,16H,5-9H2,1-4H3. The van der Waals surface area contributed by atoms with Crippen LogP contribution in [0.1, 0.15) is 38.6 Å². The summed E-state index contributed by atoms with van der Waals surface area (Å²) in [6.45, 7) is 10.5. The predicted octanol–water partition coefficient (Wildman–Crippen LogP) is 2.24. The molecule has 0 saturated carbocycles. The Kier molecular flexibility index (Phi) is 5.07. The Morgan fingerprint density at radius 2 is 2.00 bits per heavy atom. The first-order valence-corrected chi connectivity index (χ1v) is 9.62. The molecular weight excluding hydrogens is 306 g/mol. The fourth-order valence-corrected chi connectivity index (χ4v) is 5.13. The van der Waals surface area contributed by atoms with Gasteiger partial charge in [0.1, 0.15) is 0 Å². The highest BCUT2D eigenvalue weighted by Crippen LogP contribution is 2.26. The van der Waals surface area contributed by atoms with Crippen LogP contribution in [0.25, 0.3) is 0 Å². The van der Waals surface area contributed by atoms with Gasteiger partial charge in [-0.05, 0) is 53.0 Å². The van der Waals surface area contributed by atoms with E-state index in [0.29, 0.717) is 23.2 Å². The molecule has 1 N–H and O–H groups in total. The minimum absolute atomic E-state index is 0.114. The van der Waals surface area contributed by atoms with Crippen molar-refractivity contribution < 1.29 is 8.42 Å². The molecule has 7 heteroatoms. The number of aromatic nitrogens is 1. The smallest absolute Gasteiger partial charge is 0.254 e. The van der Waals surface area contributed by atoms with Crippen LogP contribution in [0.3, 0.4) is 0 Å². The van der Waals surface area contributed by atoms with Crippen molar-refractivity contribution in [3.05, 3.63) is 11.2 Å². The topological polar surface area (TPSA) is 62.3 Å². The minimum Gasteiger partial charge on any atom is -0.312 e. The van der Waals surface area contributed by atoms with Crippen molar-refractivity contribution in [1.82, 2.24) is 14.6 Å². The number of thiazole rings is 1. The van der Waals surface area contributed by atoms with Crippen LogP contribution < -0.4 is 5.32 Å². The van der Waals surface area contributed by atoms with Crippen LogP contribution in [0.4, 0.5) is 0 Å².